The highest BCUT2D eigenvalue weighted by atomic mass is 32.2. The smallest absolute Gasteiger partial charge is 0.205 e. The second kappa shape index (κ2) is 4.27. The molecular formula is C13H16O3S. The maximum Gasteiger partial charge on any atom is 0.205 e. The molecule has 4 heteroatoms. The van der Waals surface area contributed by atoms with Crippen LogP contribution < -0.4 is 0 Å². The van der Waals surface area contributed by atoms with Gasteiger partial charge in [-0.25, -0.2) is 8.42 Å². The zero-order valence-electron chi connectivity index (χ0n) is 10.2. The second-order valence-corrected chi connectivity index (χ2v) is 6.43. The van der Waals surface area contributed by atoms with Crippen molar-refractivity contribution in [2.75, 3.05) is 6.61 Å². The van der Waals surface area contributed by atoms with Gasteiger partial charge in [-0.3, -0.25) is 0 Å². The molecule has 0 amide bonds. The number of ether oxygens (including phenoxy) is 1. The van der Waals surface area contributed by atoms with Crippen LogP contribution in [0, 0.1) is 6.92 Å². The Morgan fingerprint density at radius 1 is 1.29 bits per heavy atom. The van der Waals surface area contributed by atoms with E-state index in [1.807, 2.05) is 26.8 Å². The first-order valence-electron chi connectivity index (χ1n) is 5.60. The fourth-order valence-corrected chi connectivity index (χ4v) is 3.37. The van der Waals surface area contributed by atoms with Crippen LogP contribution in [0.4, 0.5) is 0 Å². The molecule has 1 aliphatic heterocycles. The zero-order valence-corrected chi connectivity index (χ0v) is 11.0. The lowest BCUT2D eigenvalue weighted by molar-refractivity contribution is 0.101. The molecule has 1 aromatic carbocycles. The Morgan fingerprint density at radius 3 is 2.59 bits per heavy atom. The lowest BCUT2D eigenvalue weighted by atomic mass is 10.1. The molecule has 0 unspecified atom stereocenters. The highest BCUT2D eigenvalue weighted by molar-refractivity contribution is 7.95. The van der Waals surface area contributed by atoms with E-state index in [4.69, 9.17) is 4.74 Å². The molecule has 1 heterocycles. The average molecular weight is 252 g/mol. The topological polar surface area (TPSA) is 43.4 Å². The Labute approximate surface area is 102 Å². The molecule has 3 nitrogen and oxygen atoms in total. The molecule has 0 radical (unpaired) electrons. The quantitative estimate of drug-likeness (QED) is 0.830. The van der Waals surface area contributed by atoms with Gasteiger partial charge in [-0.15, -0.1) is 0 Å². The Bertz CT molecular complexity index is 568. The van der Waals surface area contributed by atoms with Crippen LogP contribution in [0.15, 0.2) is 28.0 Å². The highest BCUT2D eigenvalue weighted by Gasteiger charge is 2.30. The third-order valence-corrected chi connectivity index (χ3v) is 4.64. The normalized spacial score (nSPS) is 17.1. The van der Waals surface area contributed by atoms with Crippen LogP contribution in [-0.2, 0) is 14.6 Å². The molecule has 0 aliphatic carbocycles. The van der Waals surface area contributed by atoms with Crippen LogP contribution in [0.25, 0.3) is 6.08 Å². The van der Waals surface area contributed by atoms with Crippen LogP contribution in [0.3, 0.4) is 0 Å². The minimum absolute atomic E-state index is 0.0240. The number of hydrogen-bond acceptors (Lipinski definition) is 3. The third kappa shape index (κ3) is 2.15. The predicted octanol–water partition coefficient (Wildman–Crippen LogP) is 2.55. The van der Waals surface area contributed by atoms with Gasteiger partial charge < -0.3 is 4.74 Å². The summed E-state index contributed by atoms with van der Waals surface area (Å²) in [5, 5.41) is 0. The van der Waals surface area contributed by atoms with Crippen LogP contribution in [0.1, 0.15) is 25.0 Å². The molecule has 17 heavy (non-hydrogen) atoms. The summed E-state index contributed by atoms with van der Waals surface area (Å²) in [5.74, 6) is 0. The fourth-order valence-electron chi connectivity index (χ4n) is 1.82. The summed E-state index contributed by atoms with van der Waals surface area (Å²) in [6.45, 7) is 5.84. The summed E-state index contributed by atoms with van der Waals surface area (Å²) in [6.07, 6.45) is 1.75. The van der Waals surface area contributed by atoms with Crippen molar-refractivity contribution >= 4 is 15.9 Å². The molecule has 0 atom stereocenters. The average Bonchev–Trinajstić information content (AvgIpc) is 2.50. The predicted molar refractivity (Wildman–Crippen MR) is 67.4 cm³/mol. The molecule has 0 saturated heterocycles. The summed E-state index contributed by atoms with van der Waals surface area (Å²) >= 11 is 0. The van der Waals surface area contributed by atoms with Gasteiger partial charge in [0.05, 0.1) is 22.5 Å². The van der Waals surface area contributed by atoms with Crippen LogP contribution in [0.2, 0.25) is 0 Å². The second-order valence-electron chi connectivity index (χ2n) is 4.46. The molecular weight excluding hydrogens is 236 g/mol. The van der Waals surface area contributed by atoms with Gasteiger partial charge in [0, 0.05) is 0 Å². The van der Waals surface area contributed by atoms with E-state index in [2.05, 4.69) is 0 Å². The number of sulfone groups is 1. The molecule has 0 bridgehead atoms. The van der Waals surface area contributed by atoms with Gasteiger partial charge in [-0.1, -0.05) is 12.1 Å². The van der Waals surface area contributed by atoms with Crippen molar-refractivity contribution < 1.29 is 13.2 Å². The number of fused-ring (bicyclic) bond motifs is 1. The summed E-state index contributed by atoms with van der Waals surface area (Å²) in [5.41, 5.74) is 1.78. The molecule has 0 N–H and O–H groups in total. The largest absolute Gasteiger partial charge is 0.373 e. The lowest BCUT2D eigenvalue weighted by Gasteiger charge is -2.08. The van der Waals surface area contributed by atoms with Gasteiger partial charge in [0.2, 0.25) is 9.84 Å². The van der Waals surface area contributed by atoms with Crippen molar-refractivity contribution in [3.8, 4) is 0 Å². The van der Waals surface area contributed by atoms with E-state index in [9.17, 15) is 8.42 Å². The van der Waals surface area contributed by atoms with Crippen molar-refractivity contribution in [2.45, 2.75) is 31.8 Å². The van der Waals surface area contributed by atoms with E-state index in [1.54, 1.807) is 18.2 Å². The van der Waals surface area contributed by atoms with Crippen molar-refractivity contribution in [3.05, 3.63) is 34.2 Å². The summed E-state index contributed by atoms with van der Waals surface area (Å²) in [4.78, 5) is 0.760. The molecule has 0 aromatic heterocycles. The Kier molecular flexibility index (Phi) is 3.10. The highest BCUT2D eigenvalue weighted by Crippen LogP contribution is 2.34. The third-order valence-electron chi connectivity index (χ3n) is 2.78. The zero-order chi connectivity index (χ0) is 12.6. The first-order valence-corrected chi connectivity index (χ1v) is 7.08. The Morgan fingerprint density at radius 2 is 2.00 bits per heavy atom. The Hall–Kier alpha value is -1.13. The van der Waals surface area contributed by atoms with Crippen molar-refractivity contribution in [1.29, 1.82) is 0 Å². The maximum absolute atomic E-state index is 12.2. The standard InChI is InChI=1S/C13H16O3S/c1-9(2)16-8-11-7-12-10(3)5-4-6-13(12)17(11,14)15/h4-7,9H,8H2,1-3H3. The van der Waals surface area contributed by atoms with Crippen LogP contribution >= 0.6 is 0 Å². The monoisotopic (exact) mass is 252 g/mol. The summed E-state index contributed by atoms with van der Waals surface area (Å²) in [6, 6.07) is 5.33. The SMILES string of the molecule is Cc1cccc2c1C=C(COC(C)C)S2(=O)=O. The molecule has 92 valence electrons. The number of aryl methyl sites for hydroxylation is 1. The molecule has 1 aliphatic rings. The molecule has 2 rings (SSSR count). The van der Waals surface area contributed by atoms with E-state index in [-0.39, 0.29) is 12.7 Å². The van der Waals surface area contributed by atoms with E-state index >= 15 is 0 Å². The number of hydrogen-bond donors (Lipinski definition) is 0. The van der Waals surface area contributed by atoms with Crippen molar-refractivity contribution in [2.24, 2.45) is 0 Å². The van der Waals surface area contributed by atoms with Gasteiger partial charge in [0.1, 0.15) is 0 Å². The number of rotatable bonds is 3. The van der Waals surface area contributed by atoms with E-state index in [1.165, 1.54) is 0 Å². The van der Waals surface area contributed by atoms with E-state index < -0.39 is 9.84 Å². The van der Waals surface area contributed by atoms with Crippen molar-refractivity contribution in [1.82, 2.24) is 0 Å². The first-order chi connectivity index (χ1) is 7.93. The van der Waals surface area contributed by atoms with Gasteiger partial charge in [-0.2, -0.15) is 0 Å². The van der Waals surface area contributed by atoms with Crippen molar-refractivity contribution in [3.63, 3.8) is 0 Å². The minimum Gasteiger partial charge on any atom is -0.373 e. The lowest BCUT2D eigenvalue weighted by Crippen LogP contribution is -2.10. The molecule has 0 spiro atoms. The van der Waals surface area contributed by atoms with Crippen LogP contribution in [-0.4, -0.2) is 21.1 Å². The maximum atomic E-state index is 12.2. The molecule has 0 saturated carbocycles. The van der Waals surface area contributed by atoms with E-state index in [0.717, 1.165) is 11.1 Å². The van der Waals surface area contributed by atoms with Gasteiger partial charge in [0.15, 0.2) is 0 Å². The Balaban J connectivity index is 2.40. The summed E-state index contributed by atoms with van der Waals surface area (Å²) < 4.78 is 29.8. The minimum atomic E-state index is -3.33. The van der Waals surface area contributed by atoms with Gasteiger partial charge in [-0.05, 0) is 44.0 Å². The number of benzene rings is 1. The molecule has 1 aromatic rings. The molecule has 0 fully saturated rings. The van der Waals surface area contributed by atoms with E-state index in [0.29, 0.717) is 9.80 Å². The first kappa shape index (κ1) is 12.3. The fraction of sp³-hybridized carbons (Fsp3) is 0.385. The van der Waals surface area contributed by atoms with Gasteiger partial charge in [0.25, 0.3) is 0 Å². The summed E-state index contributed by atoms with van der Waals surface area (Å²) in [7, 11) is -3.33. The van der Waals surface area contributed by atoms with Gasteiger partial charge >= 0.3 is 0 Å². The van der Waals surface area contributed by atoms with Crippen LogP contribution in [0.5, 0.6) is 0 Å².